The van der Waals surface area contributed by atoms with Crippen LogP contribution in [0.4, 0.5) is 15.6 Å². The fraction of sp³-hybridized carbons (Fsp3) is 0.400. The summed E-state index contributed by atoms with van der Waals surface area (Å²) < 4.78 is 0. The van der Waals surface area contributed by atoms with Crippen LogP contribution in [0.1, 0.15) is 17.5 Å². The van der Waals surface area contributed by atoms with Crippen LogP contribution < -0.4 is 15.5 Å². The van der Waals surface area contributed by atoms with Crippen molar-refractivity contribution in [2.45, 2.75) is 26.3 Å². The van der Waals surface area contributed by atoms with Gasteiger partial charge >= 0.3 is 6.03 Å². The first-order valence-corrected chi connectivity index (χ1v) is 7.89. The Morgan fingerprint density at radius 2 is 1.95 bits per heavy atom. The molecule has 6 nitrogen and oxygen atoms in total. The molecule has 0 aliphatic carbocycles. The summed E-state index contributed by atoms with van der Waals surface area (Å²) in [5.74, 6) is 0. The standard InChI is InChI=1S/C15H21N5OS/c1-10(9-12-5-7-13(8-6-12)20(3)4)16-14(21)17-15-19-18-11(2)22-15/h5-8,10H,9H2,1-4H3,(H2,16,17,19,21)/t10-/m0/s1. The molecule has 118 valence electrons. The third-order valence-electron chi connectivity index (χ3n) is 3.12. The number of hydrogen-bond acceptors (Lipinski definition) is 5. The Morgan fingerprint density at radius 1 is 1.27 bits per heavy atom. The zero-order chi connectivity index (χ0) is 16.1. The van der Waals surface area contributed by atoms with E-state index in [2.05, 4.69) is 50.0 Å². The summed E-state index contributed by atoms with van der Waals surface area (Å²) in [7, 11) is 4.03. The van der Waals surface area contributed by atoms with E-state index in [1.807, 2.05) is 27.9 Å². The van der Waals surface area contributed by atoms with Crippen LogP contribution in [0.5, 0.6) is 0 Å². The number of rotatable bonds is 5. The van der Waals surface area contributed by atoms with Gasteiger partial charge in [0.2, 0.25) is 5.13 Å². The van der Waals surface area contributed by atoms with Crippen molar-refractivity contribution in [3.05, 3.63) is 34.8 Å². The Kier molecular flexibility index (Phi) is 5.32. The first-order chi connectivity index (χ1) is 10.4. The van der Waals surface area contributed by atoms with Gasteiger partial charge in [0.15, 0.2) is 0 Å². The van der Waals surface area contributed by atoms with E-state index in [0.29, 0.717) is 5.13 Å². The summed E-state index contributed by atoms with van der Waals surface area (Å²) in [4.78, 5) is 13.9. The molecule has 22 heavy (non-hydrogen) atoms. The van der Waals surface area contributed by atoms with Crippen LogP contribution in [-0.2, 0) is 6.42 Å². The summed E-state index contributed by atoms with van der Waals surface area (Å²) in [5.41, 5.74) is 2.35. The Bertz CT molecular complexity index is 623. The SMILES string of the molecule is Cc1nnc(NC(=O)N[C@@H](C)Cc2ccc(N(C)C)cc2)s1. The maximum atomic E-state index is 11.9. The van der Waals surface area contributed by atoms with E-state index in [0.717, 1.165) is 17.1 Å². The lowest BCUT2D eigenvalue weighted by Crippen LogP contribution is -2.37. The fourth-order valence-electron chi connectivity index (χ4n) is 2.04. The number of hydrogen-bond donors (Lipinski definition) is 2. The predicted molar refractivity (Wildman–Crippen MR) is 90.7 cm³/mol. The maximum Gasteiger partial charge on any atom is 0.321 e. The van der Waals surface area contributed by atoms with Gasteiger partial charge in [0.05, 0.1) is 0 Å². The van der Waals surface area contributed by atoms with Crippen molar-refractivity contribution in [1.82, 2.24) is 15.5 Å². The van der Waals surface area contributed by atoms with Crippen molar-refractivity contribution in [3.63, 3.8) is 0 Å². The van der Waals surface area contributed by atoms with Gasteiger partial charge in [0.1, 0.15) is 5.01 Å². The van der Waals surface area contributed by atoms with Gasteiger partial charge in [0.25, 0.3) is 0 Å². The number of amides is 2. The van der Waals surface area contributed by atoms with Crippen molar-refractivity contribution in [1.29, 1.82) is 0 Å². The minimum Gasteiger partial charge on any atom is -0.378 e. The van der Waals surface area contributed by atoms with Gasteiger partial charge in [-0.3, -0.25) is 5.32 Å². The molecule has 2 rings (SSSR count). The first-order valence-electron chi connectivity index (χ1n) is 7.08. The smallest absolute Gasteiger partial charge is 0.321 e. The van der Waals surface area contributed by atoms with Crippen LogP contribution in [0.3, 0.4) is 0 Å². The van der Waals surface area contributed by atoms with E-state index in [-0.39, 0.29) is 12.1 Å². The largest absolute Gasteiger partial charge is 0.378 e. The molecular formula is C15H21N5OS. The summed E-state index contributed by atoms with van der Waals surface area (Å²) in [6, 6.07) is 8.09. The van der Waals surface area contributed by atoms with E-state index in [9.17, 15) is 4.79 Å². The number of urea groups is 1. The normalized spacial score (nSPS) is 11.8. The highest BCUT2D eigenvalue weighted by Crippen LogP contribution is 2.14. The van der Waals surface area contributed by atoms with Crippen molar-refractivity contribution >= 4 is 28.2 Å². The van der Waals surface area contributed by atoms with Crippen LogP contribution in [0.25, 0.3) is 0 Å². The van der Waals surface area contributed by atoms with Gasteiger partial charge in [-0.15, -0.1) is 10.2 Å². The number of carbonyl (C=O) groups is 1. The zero-order valence-electron chi connectivity index (χ0n) is 13.3. The van der Waals surface area contributed by atoms with Gasteiger partial charge in [-0.1, -0.05) is 23.5 Å². The summed E-state index contributed by atoms with van der Waals surface area (Å²) in [5, 5.41) is 14.7. The lowest BCUT2D eigenvalue weighted by Gasteiger charge is -2.16. The second-order valence-electron chi connectivity index (χ2n) is 5.39. The van der Waals surface area contributed by atoms with Crippen molar-refractivity contribution in [2.75, 3.05) is 24.3 Å². The van der Waals surface area contributed by atoms with Crippen LogP contribution in [0.15, 0.2) is 24.3 Å². The molecule has 0 unspecified atom stereocenters. The Hall–Kier alpha value is -2.15. The summed E-state index contributed by atoms with van der Waals surface area (Å²) in [6.07, 6.45) is 0.774. The molecule has 0 radical (unpaired) electrons. The van der Waals surface area contributed by atoms with E-state index in [1.54, 1.807) is 0 Å². The zero-order valence-corrected chi connectivity index (χ0v) is 14.1. The molecule has 0 saturated carbocycles. The third kappa shape index (κ3) is 4.70. The van der Waals surface area contributed by atoms with Gasteiger partial charge in [0, 0.05) is 25.8 Å². The molecule has 0 saturated heterocycles. The van der Waals surface area contributed by atoms with E-state index >= 15 is 0 Å². The Balaban J connectivity index is 1.84. The minimum absolute atomic E-state index is 0.0271. The van der Waals surface area contributed by atoms with Crippen LogP contribution in [-0.4, -0.2) is 36.4 Å². The van der Waals surface area contributed by atoms with Crippen LogP contribution >= 0.6 is 11.3 Å². The molecule has 1 aromatic heterocycles. The Morgan fingerprint density at radius 3 is 2.50 bits per heavy atom. The van der Waals surface area contributed by atoms with Crippen molar-refractivity contribution in [2.24, 2.45) is 0 Å². The lowest BCUT2D eigenvalue weighted by molar-refractivity contribution is 0.249. The molecule has 2 aromatic rings. The number of nitrogens with zero attached hydrogens (tertiary/aromatic N) is 3. The lowest BCUT2D eigenvalue weighted by atomic mass is 10.1. The highest BCUT2D eigenvalue weighted by Gasteiger charge is 2.10. The van der Waals surface area contributed by atoms with E-state index in [1.165, 1.54) is 16.9 Å². The summed E-state index contributed by atoms with van der Waals surface area (Å²) >= 11 is 1.35. The predicted octanol–water partition coefficient (Wildman–Crippen LogP) is 2.67. The number of carbonyl (C=O) groups excluding carboxylic acids is 1. The monoisotopic (exact) mass is 319 g/mol. The van der Waals surface area contributed by atoms with Crippen molar-refractivity contribution < 1.29 is 4.79 Å². The average Bonchev–Trinajstić information content (AvgIpc) is 2.84. The number of aromatic nitrogens is 2. The molecule has 0 aliphatic heterocycles. The van der Waals surface area contributed by atoms with E-state index in [4.69, 9.17) is 0 Å². The van der Waals surface area contributed by atoms with Crippen molar-refractivity contribution in [3.8, 4) is 0 Å². The second kappa shape index (κ2) is 7.22. The average molecular weight is 319 g/mol. The summed E-state index contributed by atoms with van der Waals surface area (Å²) in [6.45, 7) is 3.82. The molecule has 2 N–H and O–H groups in total. The maximum absolute atomic E-state index is 11.9. The van der Waals surface area contributed by atoms with Crippen LogP contribution in [0, 0.1) is 6.92 Å². The van der Waals surface area contributed by atoms with Crippen LogP contribution in [0.2, 0.25) is 0 Å². The highest BCUT2D eigenvalue weighted by atomic mass is 32.1. The van der Waals surface area contributed by atoms with Gasteiger partial charge in [-0.25, -0.2) is 4.79 Å². The number of benzene rings is 1. The molecule has 0 aliphatic rings. The molecule has 1 aromatic carbocycles. The van der Waals surface area contributed by atoms with E-state index < -0.39 is 0 Å². The van der Waals surface area contributed by atoms with Gasteiger partial charge in [-0.2, -0.15) is 0 Å². The third-order valence-corrected chi connectivity index (χ3v) is 3.87. The fourth-order valence-corrected chi connectivity index (χ4v) is 2.63. The molecule has 0 bridgehead atoms. The molecule has 1 atom stereocenters. The number of nitrogens with one attached hydrogen (secondary N) is 2. The second-order valence-corrected chi connectivity index (χ2v) is 6.57. The molecular weight excluding hydrogens is 298 g/mol. The topological polar surface area (TPSA) is 70.1 Å². The quantitative estimate of drug-likeness (QED) is 0.889. The molecule has 1 heterocycles. The highest BCUT2D eigenvalue weighted by molar-refractivity contribution is 7.15. The molecule has 2 amide bonds. The first kappa shape index (κ1) is 16.2. The van der Waals surface area contributed by atoms with Gasteiger partial charge < -0.3 is 10.2 Å². The minimum atomic E-state index is -0.256. The molecule has 0 fully saturated rings. The number of anilines is 2. The van der Waals surface area contributed by atoms with Gasteiger partial charge in [-0.05, 0) is 38.0 Å². The number of aryl methyl sites for hydroxylation is 1. The molecule has 0 spiro atoms. The molecule has 7 heteroatoms. The Labute approximate surface area is 134 Å².